The van der Waals surface area contributed by atoms with Gasteiger partial charge in [0.1, 0.15) is 0 Å². The fourth-order valence-electron chi connectivity index (χ4n) is 1.29. The van der Waals surface area contributed by atoms with E-state index in [9.17, 15) is 13.2 Å². The SMILES string of the molecule is CN1CC(N)C(OC(F)(F)F)C1. The van der Waals surface area contributed by atoms with Crippen LogP contribution in [0.2, 0.25) is 0 Å². The molecule has 2 atom stereocenters. The Balaban J connectivity index is 2.43. The Bertz CT molecular complexity index is 161. The molecule has 1 fully saturated rings. The van der Waals surface area contributed by atoms with E-state index in [-0.39, 0.29) is 6.54 Å². The van der Waals surface area contributed by atoms with E-state index in [1.165, 1.54) is 0 Å². The fraction of sp³-hybridized carbons (Fsp3) is 1.00. The number of likely N-dealkylation sites (N-methyl/N-ethyl adjacent to an activating group) is 1. The van der Waals surface area contributed by atoms with Gasteiger partial charge in [-0.05, 0) is 7.05 Å². The smallest absolute Gasteiger partial charge is 0.324 e. The summed E-state index contributed by atoms with van der Waals surface area (Å²) in [4.78, 5) is 1.71. The van der Waals surface area contributed by atoms with Crippen LogP contribution in [-0.2, 0) is 4.74 Å². The van der Waals surface area contributed by atoms with Gasteiger partial charge >= 0.3 is 6.36 Å². The Morgan fingerprint density at radius 3 is 2.33 bits per heavy atom. The third-order valence-corrected chi connectivity index (χ3v) is 1.78. The number of nitrogens with two attached hydrogens (primary N) is 1. The molecule has 1 saturated heterocycles. The van der Waals surface area contributed by atoms with Gasteiger partial charge in [0, 0.05) is 19.1 Å². The largest absolute Gasteiger partial charge is 0.522 e. The lowest BCUT2D eigenvalue weighted by atomic mass is 10.2. The van der Waals surface area contributed by atoms with Gasteiger partial charge in [-0.3, -0.25) is 4.74 Å². The van der Waals surface area contributed by atoms with E-state index in [1.807, 2.05) is 0 Å². The Hall–Kier alpha value is -0.330. The first kappa shape index (κ1) is 9.76. The van der Waals surface area contributed by atoms with Crippen LogP contribution < -0.4 is 5.73 Å². The van der Waals surface area contributed by atoms with Gasteiger partial charge in [-0.2, -0.15) is 0 Å². The lowest BCUT2D eigenvalue weighted by Gasteiger charge is -2.16. The predicted octanol–water partition coefficient (Wildman–Crippen LogP) is 0.164. The van der Waals surface area contributed by atoms with E-state index in [1.54, 1.807) is 11.9 Å². The molecular weight excluding hydrogens is 173 g/mol. The molecule has 0 aromatic carbocycles. The van der Waals surface area contributed by atoms with Gasteiger partial charge in [0.25, 0.3) is 0 Å². The minimum atomic E-state index is -4.58. The first-order valence-corrected chi connectivity index (χ1v) is 3.57. The van der Waals surface area contributed by atoms with Crippen LogP contribution in [0, 0.1) is 0 Å². The average molecular weight is 184 g/mol. The molecule has 0 radical (unpaired) electrons. The van der Waals surface area contributed by atoms with Gasteiger partial charge in [-0.15, -0.1) is 13.2 Å². The van der Waals surface area contributed by atoms with Crippen molar-refractivity contribution in [3.63, 3.8) is 0 Å². The summed E-state index contributed by atoms with van der Waals surface area (Å²) >= 11 is 0. The zero-order valence-corrected chi connectivity index (χ0v) is 6.64. The summed E-state index contributed by atoms with van der Waals surface area (Å²) < 4.78 is 38.9. The van der Waals surface area contributed by atoms with Crippen molar-refractivity contribution in [3.05, 3.63) is 0 Å². The summed E-state index contributed by atoms with van der Waals surface area (Å²) in [6.07, 6.45) is -5.50. The van der Waals surface area contributed by atoms with Crippen LogP contribution in [0.1, 0.15) is 0 Å². The summed E-state index contributed by atoms with van der Waals surface area (Å²) in [5.74, 6) is 0. The normalized spacial score (nSPS) is 32.8. The molecule has 2 N–H and O–H groups in total. The van der Waals surface area contributed by atoms with E-state index in [2.05, 4.69) is 4.74 Å². The molecule has 0 aromatic heterocycles. The molecule has 0 saturated carbocycles. The lowest BCUT2D eigenvalue weighted by Crippen LogP contribution is -2.38. The molecule has 0 amide bonds. The van der Waals surface area contributed by atoms with Crippen molar-refractivity contribution in [1.29, 1.82) is 0 Å². The summed E-state index contributed by atoms with van der Waals surface area (Å²) in [7, 11) is 1.71. The summed E-state index contributed by atoms with van der Waals surface area (Å²) in [5.41, 5.74) is 5.41. The lowest BCUT2D eigenvalue weighted by molar-refractivity contribution is -0.341. The van der Waals surface area contributed by atoms with Crippen LogP contribution in [-0.4, -0.2) is 43.5 Å². The van der Waals surface area contributed by atoms with E-state index in [0.717, 1.165) is 0 Å². The monoisotopic (exact) mass is 184 g/mol. The second-order valence-electron chi connectivity index (χ2n) is 2.99. The maximum Gasteiger partial charge on any atom is 0.522 e. The maximum atomic E-state index is 11.7. The molecule has 0 aromatic rings. The van der Waals surface area contributed by atoms with E-state index in [4.69, 9.17) is 5.73 Å². The number of halogens is 3. The zero-order chi connectivity index (χ0) is 9.35. The highest BCUT2D eigenvalue weighted by molar-refractivity contribution is 4.86. The average Bonchev–Trinajstić information content (AvgIpc) is 2.06. The minimum absolute atomic E-state index is 0.237. The van der Waals surface area contributed by atoms with Gasteiger partial charge in [0.15, 0.2) is 0 Å². The van der Waals surface area contributed by atoms with Crippen molar-refractivity contribution in [2.24, 2.45) is 5.73 Å². The van der Waals surface area contributed by atoms with Crippen molar-refractivity contribution in [3.8, 4) is 0 Å². The van der Waals surface area contributed by atoms with Crippen LogP contribution in [0.3, 0.4) is 0 Å². The highest BCUT2D eigenvalue weighted by Crippen LogP contribution is 2.22. The van der Waals surface area contributed by atoms with Gasteiger partial charge < -0.3 is 10.6 Å². The standard InChI is InChI=1S/C6H11F3N2O/c1-11-2-4(10)5(3-11)12-6(7,8)9/h4-5H,2-3,10H2,1H3. The molecule has 3 nitrogen and oxygen atoms in total. The number of rotatable bonds is 1. The van der Waals surface area contributed by atoms with Crippen LogP contribution >= 0.6 is 0 Å². The number of nitrogens with zero attached hydrogens (tertiary/aromatic N) is 1. The van der Waals surface area contributed by atoms with Crippen LogP contribution in [0.4, 0.5) is 13.2 Å². The van der Waals surface area contributed by atoms with Crippen molar-refractivity contribution in [2.75, 3.05) is 20.1 Å². The summed E-state index contributed by atoms with van der Waals surface area (Å²) in [5, 5.41) is 0. The van der Waals surface area contributed by atoms with Crippen molar-refractivity contribution in [2.45, 2.75) is 18.5 Å². The van der Waals surface area contributed by atoms with E-state index >= 15 is 0 Å². The van der Waals surface area contributed by atoms with Gasteiger partial charge in [-0.1, -0.05) is 0 Å². The maximum absolute atomic E-state index is 11.7. The first-order valence-electron chi connectivity index (χ1n) is 3.57. The molecule has 1 aliphatic rings. The highest BCUT2D eigenvalue weighted by atomic mass is 19.4. The molecule has 1 aliphatic heterocycles. The van der Waals surface area contributed by atoms with Gasteiger partial charge in [0.2, 0.25) is 0 Å². The molecule has 12 heavy (non-hydrogen) atoms. The molecule has 72 valence electrons. The number of hydrogen-bond donors (Lipinski definition) is 1. The number of likely N-dealkylation sites (tertiary alicyclic amines) is 1. The summed E-state index contributed by atoms with van der Waals surface area (Å²) in [6, 6.07) is -0.545. The van der Waals surface area contributed by atoms with E-state index < -0.39 is 18.5 Å². The Labute approximate surface area is 68.3 Å². The predicted molar refractivity (Wildman–Crippen MR) is 36.4 cm³/mol. The molecule has 2 unspecified atom stereocenters. The third kappa shape index (κ3) is 2.62. The second-order valence-corrected chi connectivity index (χ2v) is 2.99. The first-order chi connectivity index (χ1) is 5.38. The van der Waals surface area contributed by atoms with Gasteiger partial charge in [0.05, 0.1) is 6.10 Å². The van der Waals surface area contributed by atoms with Crippen LogP contribution in [0.25, 0.3) is 0 Å². The Morgan fingerprint density at radius 1 is 1.42 bits per heavy atom. The van der Waals surface area contributed by atoms with Crippen LogP contribution in [0.5, 0.6) is 0 Å². The molecule has 1 heterocycles. The topological polar surface area (TPSA) is 38.5 Å². The van der Waals surface area contributed by atoms with E-state index in [0.29, 0.717) is 6.54 Å². The fourth-order valence-corrected chi connectivity index (χ4v) is 1.29. The molecule has 0 bridgehead atoms. The Kier molecular flexibility index (Phi) is 2.60. The van der Waals surface area contributed by atoms with Crippen molar-refractivity contribution in [1.82, 2.24) is 4.90 Å². The van der Waals surface area contributed by atoms with Crippen molar-refractivity contribution < 1.29 is 17.9 Å². The van der Waals surface area contributed by atoms with Crippen molar-refractivity contribution >= 4 is 0 Å². The molecule has 0 aliphatic carbocycles. The quantitative estimate of drug-likeness (QED) is 0.631. The van der Waals surface area contributed by atoms with Crippen LogP contribution in [0.15, 0.2) is 0 Å². The zero-order valence-electron chi connectivity index (χ0n) is 6.64. The number of alkyl halides is 3. The molecule has 1 rings (SSSR count). The third-order valence-electron chi connectivity index (χ3n) is 1.78. The molecule has 6 heteroatoms. The second kappa shape index (κ2) is 3.20. The summed E-state index contributed by atoms with van der Waals surface area (Å²) in [6.45, 7) is 0.682. The highest BCUT2D eigenvalue weighted by Gasteiger charge is 2.39. The number of hydrogen-bond acceptors (Lipinski definition) is 3. The Morgan fingerprint density at radius 2 is 2.00 bits per heavy atom. The molecular formula is C6H11F3N2O. The van der Waals surface area contributed by atoms with Gasteiger partial charge in [-0.25, -0.2) is 0 Å². The number of ether oxygens (including phenoxy) is 1. The molecule has 0 spiro atoms. The minimum Gasteiger partial charge on any atom is -0.324 e.